The van der Waals surface area contributed by atoms with Crippen molar-refractivity contribution in [2.24, 2.45) is 0 Å². The molecule has 0 unspecified atom stereocenters. The molecular formula is C25H22FN5O2S. The number of aromatic nitrogens is 3. The number of rotatable bonds is 6. The number of benzene rings is 3. The van der Waals surface area contributed by atoms with Crippen molar-refractivity contribution in [3.05, 3.63) is 90.2 Å². The van der Waals surface area contributed by atoms with Crippen LogP contribution in [0.2, 0.25) is 0 Å². The summed E-state index contributed by atoms with van der Waals surface area (Å²) < 4.78 is 20.7. The van der Waals surface area contributed by atoms with Gasteiger partial charge in [-0.1, -0.05) is 54.2 Å². The fourth-order valence-electron chi connectivity index (χ4n) is 3.76. The standard InChI is InChI=1S/C25H22FN5O2S/c1-2-33-20-14-8-16(9-15-20)21-22(24(32)27-19-12-10-18(26)11-13-19)34-25-29-28-23(31(25)30-21)17-6-4-3-5-7-17/h3-15,21-22,30H,2H2,1H3,(H,27,32)/t21-,22+/m1/s1. The summed E-state index contributed by atoms with van der Waals surface area (Å²) in [7, 11) is 0. The summed E-state index contributed by atoms with van der Waals surface area (Å²) in [5.74, 6) is 0.840. The highest BCUT2D eigenvalue weighted by Crippen LogP contribution is 2.39. The summed E-state index contributed by atoms with van der Waals surface area (Å²) in [6, 6.07) is 22.7. The third-order valence-corrected chi connectivity index (χ3v) is 6.60. The van der Waals surface area contributed by atoms with Crippen LogP contribution in [0.3, 0.4) is 0 Å². The van der Waals surface area contributed by atoms with Crippen LogP contribution < -0.4 is 15.5 Å². The molecule has 0 saturated heterocycles. The van der Waals surface area contributed by atoms with E-state index < -0.39 is 5.25 Å². The molecule has 5 rings (SSSR count). The van der Waals surface area contributed by atoms with E-state index >= 15 is 0 Å². The SMILES string of the molecule is CCOc1ccc([C@H]2Nn3c(nnc3-c3ccccc3)S[C@@H]2C(=O)Nc2ccc(F)cc2)cc1. The van der Waals surface area contributed by atoms with Crippen LogP contribution in [0.15, 0.2) is 84.0 Å². The second kappa shape index (κ2) is 9.56. The predicted octanol–water partition coefficient (Wildman–Crippen LogP) is 4.88. The lowest BCUT2D eigenvalue weighted by molar-refractivity contribution is -0.116. The average Bonchev–Trinajstić information content (AvgIpc) is 3.29. The van der Waals surface area contributed by atoms with Crippen LogP contribution in [0.5, 0.6) is 5.75 Å². The zero-order valence-electron chi connectivity index (χ0n) is 18.3. The highest BCUT2D eigenvalue weighted by Gasteiger charge is 2.38. The maximum absolute atomic E-state index is 13.3. The number of fused-ring (bicyclic) bond motifs is 1. The zero-order valence-corrected chi connectivity index (χ0v) is 19.1. The van der Waals surface area contributed by atoms with Crippen LogP contribution in [0.4, 0.5) is 10.1 Å². The summed E-state index contributed by atoms with van der Waals surface area (Å²) in [6.45, 7) is 2.51. The Bertz CT molecular complexity index is 1280. The first-order valence-corrected chi connectivity index (χ1v) is 11.7. The molecule has 2 atom stereocenters. The van der Waals surface area contributed by atoms with Gasteiger partial charge in [-0.25, -0.2) is 9.07 Å². The molecule has 9 heteroatoms. The van der Waals surface area contributed by atoms with Gasteiger partial charge in [-0.3, -0.25) is 4.79 Å². The number of nitrogens with one attached hydrogen (secondary N) is 2. The summed E-state index contributed by atoms with van der Waals surface area (Å²) in [5, 5.41) is 11.6. The highest BCUT2D eigenvalue weighted by atomic mass is 32.2. The van der Waals surface area contributed by atoms with E-state index in [1.165, 1.54) is 36.0 Å². The van der Waals surface area contributed by atoms with Crippen molar-refractivity contribution in [1.29, 1.82) is 0 Å². The minimum atomic E-state index is -0.552. The van der Waals surface area contributed by atoms with Gasteiger partial charge >= 0.3 is 0 Å². The first kappa shape index (κ1) is 22.0. The number of carbonyl (C=O) groups is 1. The number of hydrogen-bond donors (Lipinski definition) is 2. The Balaban J connectivity index is 1.49. The molecule has 0 aliphatic carbocycles. The number of anilines is 1. The van der Waals surface area contributed by atoms with Crippen molar-refractivity contribution in [3.63, 3.8) is 0 Å². The average molecular weight is 476 g/mol. The maximum atomic E-state index is 13.3. The first-order chi connectivity index (χ1) is 16.6. The molecule has 0 fully saturated rings. The smallest absolute Gasteiger partial charge is 0.240 e. The van der Waals surface area contributed by atoms with Crippen molar-refractivity contribution in [2.75, 3.05) is 17.3 Å². The van der Waals surface area contributed by atoms with Crippen LogP contribution in [-0.4, -0.2) is 32.6 Å². The van der Waals surface area contributed by atoms with E-state index in [1.54, 1.807) is 0 Å². The van der Waals surface area contributed by atoms with Gasteiger partial charge < -0.3 is 15.5 Å². The summed E-state index contributed by atoms with van der Waals surface area (Å²) in [4.78, 5) is 13.3. The van der Waals surface area contributed by atoms with Gasteiger partial charge in [-0.15, -0.1) is 10.2 Å². The van der Waals surface area contributed by atoms with Crippen LogP contribution in [0, 0.1) is 5.82 Å². The number of hydrogen-bond acceptors (Lipinski definition) is 6. The minimum Gasteiger partial charge on any atom is -0.494 e. The molecule has 0 bridgehead atoms. The minimum absolute atomic E-state index is 0.224. The van der Waals surface area contributed by atoms with Crippen LogP contribution in [0.1, 0.15) is 18.5 Å². The highest BCUT2D eigenvalue weighted by molar-refractivity contribution is 8.00. The second-order valence-corrected chi connectivity index (χ2v) is 8.76. The fourth-order valence-corrected chi connectivity index (χ4v) is 4.84. The number of ether oxygens (including phenoxy) is 1. The quantitative estimate of drug-likeness (QED) is 0.414. The Morgan fingerprint density at radius 2 is 1.79 bits per heavy atom. The lowest BCUT2D eigenvalue weighted by atomic mass is 10.0. The Morgan fingerprint density at radius 3 is 2.50 bits per heavy atom. The molecule has 3 aromatic carbocycles. The molecular weight excluding hydrogens is 453 g/mol. The van der Waals surface area contributed by atoms with Crippen molar-refractivity contribution in [3.8, 4) is 17.1 Å². The van der Waals surface area contributed by atoms with Gasteiger partial charge in [-0.2, -0.15) is 0 Å². The van der Waals surface area contributed by atoms with E-state index in [9.17, 15) is 9.18 Å². The number of carbonyl (C=O) groups excluding carboxylic acids is 1. The van der Waals surface area contributed by atoms with Crippen molar-refractivity contribution in [1.82, 2.24) is 14.9 Å². The number of amides is 1. The third-order valence-electron chi connectivity index (χ3n) is 5.39. The molecule has 34 heavy (non-hydrogen) atoms. The number of thioether (sulfide) groups is 1. The lowest BCUT2D eigenvalue weighted by Gasteiger charge is -2.33. The van der Waals surface area contributed by atoms with E-state index in [0.29, 0.717) is 23.3 Å². The van der Waals surface area contributed by atoms with Gasteiger partial charge in [-0.05, 0) is 48.9 Å². The molecule has 0 spiro atoms. The molecule has 0 saturated carbocycles. The zero-order chi connectivity index (χ0) is 23.5. The van der Waals surface area contributed by atoms with Crippen molar-refractivity contribution in [2.45, 2.75) is 23.4 Å². The van der Waals surface area contributed by atoms with Gasteiger partial charge in [0, 0.05) is 11.3 Å². The van der Waals surface area contributed by atoms with Gasteiger partial charge in [0.15, 0.2) is 5.82 Å². The topological polar surface area (TPSA) is 81.1 Å². The van der Waals surface area contributed by atoms with Gasteiger partial charge in [0.1, 0.15) is 16.8 Å². The molecule has 4 aromatic rings. The van der Waals surface area contributed by atoms with Crippen molar-refractivity contribution >= 4 is 23.4 Å². The van der Waals surface area contributed by atoms with Crippen molar-refractivity contribution < 1.29 is 13.9 Å². The monoisotopic (exact) mass is 475 g/mol. The Morgan fingerprint density at radius 1 is 1.06 bits per heavy atom. The predicted molar refractivity (Wildman–Crippen MR) is 130 cm³/mol. The van der Waals surface area contributed by atoms with Gasteiger partial charge in [0.25, 0.3) is 0 Å². The Hall–Kier alpha value is -3.85. The molecule has 1 aromatic heterocycles. The second-order valence-electron chi connectivity index (χ2n) is 7.65. The normalized spacial score (nSPS) is 16.9. The number of halogens is 1. The van der Waals surface area contributed by atoms with Gasteiger partial charge in [0.2, 0.25) is 11.1 Å². The summed E-state index contributed by atoms with van der Waals surface area (Å²) in [6.07, 6.45) is 0. The molecule has 2 N–H and O–H groups in total. The molecule has 0 radical (unpaired) electrons. The third kappa shape index (κ3) is 4.47. The Labute approximate surface area is 200 Å². The van der Waals surface area contributed by atoms with E-state index in [-0.39, 0.29) is 17.8 Å². The van der Waals surface area contributed by atoms with Gasteiger partial charge in [0.05, 0.1) is 12.6 Å². The lowest BCUT2D eigenvalue weighted by Crippen LogP contribution is -2.41. The molecule has 7 nitrogen and oxygen atoms in total. The van der Waals surface area contributed by atoms with Crippen LogP contribution in [-0.2, 0) is 4.79 Å². The molecule has 1 aliphatic heterocycles. The Kier molecular flexibility index (Phi) is 6.18. The molecule has 1 aliphatic rings. The van der Waals surface area contributed by atoms with E-state index in [2.05, 4.69) is 20.9 Å². The maximum Gasteiger partial charge on any atom is 0.240 e. The van der Waals surface area contributed by atoms with E-state index in [0.717, 1.165) is 16.9 Å². The van der Waals surface area contributed by atoms with Crippen LogP contribution >= 0.6 is 11.8 Å². The molecule has 172 valence electrons. The largest absolute Gasteiger partial charge is 0.494 e. The van der Waals surface area contributed by atoms with E-state index in [4.69, 9.17) is 4.74 Å². The first-order valence-electron chi connectivity index (χ1n) is 10.9. The van der Waals surface area contributed by atoms with Crippen LogP contribution in [0.25, 0.3) is 11.4 Å². The summed E-state index contributed by atoms with van der Waals surface area (Å²) >= 11 is 1.33. The fraction of sp³-hybridized carbons (Fsp3) is 0.160. The summed E-state index contributed by atoms with van der Waals surface area (Å²) in [5.41, 5.74) is 5.79. The molecule has 2 heterocycles. The van der Waals surface area contributed by atoms with E-state index in [1.807, 2.05) is 66.2 Å². The molecule has 1 amide bonds. The number of nitrogens with zero attached hydrogens (tertiary/aromatic N) is 3.